The molecule has 0 heterocycles. The molecule has 0 aromatic heterocycles. The van der Waals surface area contributed by atoms with Crippen molar-refractivity contribution < 1.29 is 14.6 Å². The molecule has 0 saturated carbocycles. The van der Waals surface area contributed by atoms with E-state index in [1.54, 1.807) is 20.3 Å². The van der Waals surface area contributed by atoms with E-state index in [-0.39, 0.29) is 0 Å². The summed E-state index contributed by atoms with van der Waals surface area (Å²) in [5.41, 5.74) is 2.05. The second-order valence-electron chi connectivity index (χ2n) is 4.89. The molecule has 2 N–H and O–H groups in total. The summed E-state index contributed by atoms with van der Waals surface area (Å²) in [6.45, 7) is 1.43. The standard InChI is InChI=1S/C17H20BrNO3/c1-21-16-6-3-12(9-17(16)22-2)7-8-19-11-13-10-14(18)4-5-15(13)20/h3-6,9-10,19-20H,7-8,11H2,1-2H3. The fourth-order valence-electron chi connectivity index (χ4n) is 2.19. The van der Waals surface area contributed by atoms with Gasteiger partial charge in [0.15, 0.2) is 11.5 Å². The molecule has 118 valence electrons. The molecule has 0 aliphatic heterocycles. The Bertz CT molecular complexity index is 631. The molecular weight excluding hydrogens is 346 g/mol. The number of benzene rings is 2. The van der Waals surface area contributed by atoms with Gasteiger partial charge in [0.05, 0.1) is 14.2 Å². The third-order valence-corrected chi connectivity index (χ3v) is 3.89. The number of ether oxygens (including phenoxy) is 2. The second-order valence-corrected chi connectivity index (χ2v) is 5.80. The van der Waals surface area contributed by atoms with Gasteiger partial charge in [0.1, 0.15) is 5.75 Å². The highest BCUT2D eigenvalue weighted by Gasteiger charge is 2.05. The van der Waals surface area contributed by atoms with Gasteiger partial charge in [-0.25, -0.2) is 0 Å². The van der Waals surface area contributed by atoms with Crippen molar-refractivity contribution in [1.29, 1.82) is 0 Å². The summed E-state index contributed by atoms with van der Waals surface area (Å²) in [4.78, 5) is 0. The fraction of sp³-hybridized carbons (Fsp3) is 0.294. The van der Waals surface area contributed by atoms with Crippen molar-refractivity contribution in [1.82, 2.24) is 5.32 Å². The third kappa shape index (κ3) is 4.39. The van der Waals surface area contributed by atoms with Crippen LogP contribution in [0.2, 0.25) is 0 Å². The van der Waals surface area contributed by atoms with Gasteiger partial charge < -0.3 is 19.9 Å². The average Bonchev–Trinajstić information content (AvgIpc) is 2.54. The minimum absolute atomic E-state index is 0.307. The predicted octanol–water partition coefficient (Wildman–Crippen LogP) is 3.50. The first-order valence-electron chi connectivity index (χ1n) is 7.03. The molecule has 0 spiro atoms. The van der Waals surface area contributed by atoms with Gasteiger partial charge in [0.25, 0.3) is 0 Å². The molecule has 2 aromatic rings. The quantitative estimate of drug-likeness (QED) is 0.737. The highest BCUT2D eigenvalue weighted by molar-refractivity contribution is 9.10. The summed E-state index contributed by atoms with van der Waals surface area (Å²) in [6.07, 6.45) is 0.870. The lowest BCUT2D eigenvalue weighted by Gasteiger charge is -2.10. The van der Waals surface area contributed by atoms with Crippen LogP contribution in [-0.2, 0) is 13.0 Å². The van der Waals surface area contributed by atoms with Crippen molar-refractivity contribution in [3.05, 3.63) is 52.0 Å². The number of rotatable bonds is 7. The Labute approximate surface area is 139 Å². The van der Waals surface area contributed by atoms with Crippen LogP contribution < -0.4 is 14.8 Å². The number of methoxy groups -OCH3 is 2. The lowest BCUT2D eigenvalue weighted by atomic mass is 10.1. The SMILES string of the molecule is COc1ccc(CCNCc2cc(Br)ccc2O)cc1OC. The van der Waals surface area contributed by atoms with Gasteiger partial charge in [-0.15, -0.1) is 0 Å². The lowest BCUT2D eigenvalue weighted by Crippen LogP contribution is -2.16. The molecule has 0 unspecified atom stereocenters. The molecule has 2 rings (SSSR count). The summed E-state index contributed by atoms with van der Waals surface area (Å²) in [5.74, 6) is 1.78. The van der Waals surface area contributed by atoms with Crippen LogP contribution in [0.4, 0.5) is 0 Å². The molecule has 0 aliphatic carbocycles. The Morgan fingerprint density at radius 2 is 1.82 bits per heavy atom. The number of hydrogen-bond acceptors (Lipinski definition) is 4. The smallest absolute Gasteiger partial charge is 0.160 e. The monoisotopic (exact) mass is 365 g/mol. The van der Waals surface area contributed by atoms with E-state index in [0.717, 1.165) is 34.5 Å². The average molecular weight is 366 g/mol. The van der Waals surface area contributed by atoms with Gasteiger partial charge in [-0.05, 0) is 48.9 Å². The Kier molecular flexibility index (Phi) is 6.10. The largest absolute Gasteiger partial charge is 0.508 e. The van der Waals surface area contributed by atoms with Crippen molar-refractivity contribution in [3.63, 3.8) is 0 Å². The summed E-state index contributed by atoms with van der Waals surface area (Å²) in [5, 5.41) is 13.1. The van der Waals surface area contributed by atoms with Crippen LogP contribution in [0.25, 0.3) is 0 Å². The van der Waals surface area contributed by atoms with E-state index in [1.165, 1.54) is 5.56 Å². The maximum atomic E-state index is 9.79. The highest BCUT2D eigenvalue weighted by Crippen LogP contribution is 2.27. The molecule has 0 amide bonds. The Balaban J connectivity index is 1.87. The molecule has 2 aromatic carbocycles. The number of aromatic hydroxyl groups is 1. The molecule has 0 saturated heterocycles. The molecule has 0 radical (unpaired) electrons. The number of phenols is 1. The maximum Gasteiger partial charge on any atom is 0.160 e. The number of hydrogen-bond donors (Lipinski definition) is 2. The van der Waals surface area contributed by atoms with Crippen molar-refractivity contribution in [2.75, 3.05) is 20.8 Å². The zero-order valence-electron chi connectivity index (χ0n) is 12.7. The zero-order valence-corrected chi connectivity index (χ0v) is 14.3. The minimum atomic E-state index is 0.307. The molecule has 0 atom stereocenters. The third-order valence-electron chi connectivity index (χ3n) is 3.40. The van der Waals surface area contributed by atoms with Gasteiger partial charge in [0.2, 0.25) is 0 Å². The Morgan fingerprint density at radius 1 is 1.05 bits per heavy atom. The summed E-state index contributed by atoms with van der Waals surface area (Å²) in [6, 6.07) is 11.3. The van der Waals surface area contributed by atoms with Crippen molar-refractivity contribution in [2.45, 2.75) is 13.0 Å². The maximum absolute atomic E-state index is 9.79. The molecular formula is C17H20BrNO3. The van der Waals surface area contributed by atoms with Crippen molar-refractivity contribution in [3.8, 4) is 17.2 Å². The predicted molar refractivity (Wildman–Crippen MR) is 90.8 cm³/mol. The molecule has 0 bridgehead atoms. The normalized spacial score (nSPS) is 10.5. The van der Waals surface area contributed by atoms with Crippen LogP contribution >= 0.6 is 15.9 Å². The van der Waals surface area contributed by atoms with Gasteiger partial charge in [-0.2, -0.15) is 0 Å². The fourth-order valence-corrected chi connectivity index (χ4v) is 2.60. The van der Waals surface area contributed by atoms with Crippen LogP contribution in [0.15, 0.2) is 40.9 Å². The van der Waals surface area contributed by atoms with Crippen LogP contribution in [-0.4, -0.2) is 25.9 Å². The zero-order chi connectivity index (χ0) is 15.9. The molecule has 4 nitrogen and oxygen atoms in total. The van der Waals surface area contributed by atoms with E-state index in [2.05, 4.69) is 21.2 Å². The first-order valence-corrected chi connectivity index (χ1v) is 7.82. The molecule has 5 heteroatoms. The van der Waals surface area contributed by atoms with Crippen molar-refractivity contribution >= 4 is 15.9 Å². The van der Waals surface area contributed by atoms with E-state index >= 15 is 0 Å². The van der Waals surface area contributed by atoms with Gasteiger partial charge in [0, 0.05) is 16.6 Å². The highest BCUT2D eigenvalue weighted by atomic mass is 79.9. The summed E-state index contributed by atoms with van der Waals surface area (Å²) in [7, 11) is 3.26. The number of halogens is 1. The molecule has 0 aliphatic rings. The number of phenolic OH excluding ortho intramolecular Hbond substituents is 1. The van der Waals surface area contributed by atoms with Crippen molar-refractivity contribution in [2.24, 2.45) is 0 Å². The molecule has 0 fully saturated rings. The van der Waals surface area contributed by atoms with E-state index in [0.29, 0.717) is 12.3 Å². The van der Waals surface area contributed by atoms with E-state index < -0.39 is 0 Å². The van der Waals surface area contributed by atoms with Crippen LogP contribution in [0, 0.1) is 0 Å². The van der Waals surface area contributed by atoms with Crippen LogP contribution in [0.5, 0.6) is 17.2 Å². The topological polar surface area (TPSA) is 50.7 Å². The van der Waals surface area contributed by atoms with Crippen LogP contribution in [0.3, 0.4) is 0 Å². The first-order chi connectivity index (χ1) is 10.6. The first kappa shape index (κ1) is 16.6. The molecule has 22 heavy (non-hydrogen) atoms. The van der Waals surface area contributed by atoms with Crippen LogP contribution in [0.1, 0.15) is 11.1 Å². The summed E-state index contributed by atoms with van der Waals surface area (Å²) >= 11 is 3.41. The lowest BCUT2D eigenvalue weighted by molar-refractivity contribution is 0.354. The summed E-state index contributed by atoms with van der Waals surface area (Å²) < 4.78 is 11.5. The van der Waals surface area contributed by atoms with E-state index in [9.17, 15) is 5.11 Å². The van der Waals surface area contributed by atoms with E-state index in [1.807, 2.05) is 30.3 Å². The van der Waals surface area contributed by atoms with Gasteiger partial charge >= 0.3 is 0 Å². The minimum Gasteiger partial charge on any atom is -0.508 e. The Morgan fingerprint density at radius 3 is 2.55 bits per heavy atom. The number of nitrogens with one attached hydrogen (secondary N) is 1. The van der Waals surface area contributed by atoms with Gasteiger partial charge in [-0.1, -0.05) is 22.0 Å². The van der Waals surface area contributed by atoms with E-state index in [4.69, 9.17) is 9.47 Å². The second kappa shape index (κ2) is 8.06. The Hall–Kier alpha value is -1.72. The van der Waals surface area contributed by atoms with Gasteiger partial charge in [-0.3, -0.25) is 0 Å².